The Morgan fingerprint density at radius 2 is 0.676 bits per heavy atom. The molecule has 9 N–H and O–H groups in total. The van der Waals surface area contributed by atoms with Gasteiger partial charge in [0, 0.05) is 6.42 Å². The van der Waals surface area contributed by atoms with Gasteiger partial charge in [0.15, 0.2) is 12.6 Å². The number of unbranched alkanes of at least 4 members (excludes halogenated alkanes) is 53. The fraction of sp³-hybridized carbons (Fsp3) is 0.875. The first-order valence-electron chi connectivity index (χ1n) is 43.5. The van der Waals surface area contributed by atoms with Crippen molar-refractivity contribution in [1.82, 2.24) is 5.32 Å². The van der Waals surface area contributed by atoms with Crippen LogP contribution in [0, 0.1) is 0 Å². The Balaban J connectivity index is 1.56. The standard InChI is InChI=1S/C88H163NO13/c1-3-5-7-9-11-13-15-17-19-21-23-25-27-29-31-33-34-35-36-37-38-39-40-41-42-44-46-48-50-52-54-56-58-60-62-64-66-68-70-72-80(93)89-76(75-99-87-85(98)83(96)86(79(74-91)101-87)102-88-84(97)82(95)81(94)78(73-90)100-88)77(92)71-69-67-65-63-61-59-57-55-53-51-49-47-45-43-32-30-28-26-24-22-20-18-16-14-12-10-8-6-4-2/h5,7,11,13,17,19,23,25,69,71,76-79,81-88,90-92,94-98H,3-4,6,8-10,12,14-16,18,20-22,24,26-68,70,72-75H2,1-2H3,(H,89,93)/b7-5-,13-11-,19-17-,25-23-,71-69+. The normalized spacial score (nSPS) is 21.9. The minimum Gasteiger partial charge on any atom is -0.394 e. The van der Waals surface area contributed by atoms with Crippen molar-refractivity contribution in [3.05, 3.63) is 60.8 Å². The van der Waals surface area contributed by atoms with Crippen LogP contribution < -0.4 is 5.32 Å². The van der Waals surface area contributed by atoms with E-state index in [0.717, 1.165) is 64.2 Å². The molecule has 1 amide bonds. The molecule has 2 fully saturated rings. The average molecular weight is 1440 g/mol. The number of amides is 1. The zero-order valence-electron chi connectivity index (χ0n) is 65.9. The van der Waals surface area contributed by atoms with Gasteiger partial charge in [-0.15, -0.1) is 0 Å². The Bertz CT molecular complexity index is 1950. The number of aliphatic hydroxyl groups is 8. The molecular formula is C88H163NO13. The summed E-state index contributed by atoms with van der Waals surface area (Å²) in [4.78, 5) is 13.4. The Labute approximate surface area is 626 Å². The molecule has 0 aromatic rings. The van der Waals surface area contributed by atoms with Crippen molar-refractivity contribution in [3.8, 4) is 0 Å². The summed E-state index contributed by atoms with van der Waals surface area (Å²) >= 11 is 0. The summed E-state index contributed by atoms with van der Waals surface area (Å²) in [5.74, 6) is -0.231. The second-order valence-electron chi connectivity index (χ2n) is 30.6. The molecule has 2 aliphatic heterocycles. The summed E-state index contributed by atoms with van der Waals surface area (Å²) in [7, 11) is 0. The first-order chi connectivity index (χ1) is 50.1. The Morgan fingerprint density at radius 3 is 1.04 bits per heavy atom. The minimum atomic E-state index is -1.79. The summed E-state index contributed by atoms with van der Waals surface area (Å²) in [6.07, 6.45) is 81.9. The zero-order valence-corrected chi connectivity index (χ0v) is 65.9. The van der Waals surface area contributed by atoms with Crippen LogP contribution in [0.15, 0.2) is 60.8 Å². The van der Waals surface area contributed by atoms with Crippen LogP contribution in [0.25, 0.3) is 0 Å². The van der Waals surface area contributed by atoms with E-state index in [1.165, 1.54) is 308 Å². The third-order valence-corrected chi connectivity index (χ3v) is 21.2. The third-order valence-electron chi connectivity index (χ3n) is 21.2. The van der Waals surface area contributed by atoms with Gasteiger partial charge in [0.1, 0.15) is 48.8 Å². The lowest BCUT2D eigenvalue weighted by Gasteiger charge is -2.46. The van der Waals surface area contributed by atoms with E-state index in [4.69, 9.17) is 18.9 Å². The average Bonchev–Trinajstić information content (AvgIpc) is 0.790. The van der Waals surface area contributed by atoms with Crippen LogP contribution in [0.1, 0.15) is 399 Å². The van der Waals surface area contributed by atoms with Gasteiger partial charge < -0.3 is 65.1 Å². The number of hydrogen-bond donors (Lipinski definition) is 9. The lowest BCUT2D eigenvalue weighted by atomic mass is 9.97. The molecule has 2 saturated heterocycles. The number of rotatable bonds is 74. The van der Waals surface area contributed by atoms with Crippen LogP contribution in [0.4, 0.5) is 0 Å². The van der Waals surface area contributed by atoms with Crippen LogP contribution in [-0.4, -0.2) is 140 Å². The molecule has 2 heterocycles. The summed E-state index contributed by atoms with van der Waals surface area (Å²) in [6, 6.07) is -0.916. The molecule has 2 rings (SSSR count). The largest absolute Gasteiger partial charge is 0.394 e. The molecular weight excluding hydrogens is 1280 g/mol. The van der Waals surface area contributed by atoms with E-state index in [1.54, 1.807) is 6.08 Å². The first kappa shape index (κ1) is 95.8. The smallest absolute Gasteiger partial charge is 0.220 e. The first-order valence-corrected chi connectivity index (χ1v) is 43.5. The number of hydrogen-bond acceptors (Lipinski definition) is 13. The molecule has 0 radical (unpaired) electrons. The van der Waals surface area contributed by atoms with E-state index in [9.17, 15) is 45.6 Å². The van der Waals surface area contributed by atoms with Gasteiger partial charge in [0.25, 0.3) is 0 Å². The number of ether oxygens (including phenoxy) is 4. The summed E-state index contributed by atoms with van der Waals surface area (Å²) < 4.78 is 23.0. The Hall–Kier alpha value is -2.31. The van der Waals surface area contributed by atoms with Crippen molar-refractivity contribution in [2.45, 2.75) is 473 Å². The molecule has 14 nitrogen and oxygen atoms in total. The van der Waals surface area contributed by atoms with E-state index in [2.05, 4.69) is 67.8 Å². The van der Waals surface area contributed by atoms with Crippen molar-refractivity contribution in [2.75, 3.05) is 19.8 Å². The molecule has 102 heavy (non-hydrogen) atoms. The van der Waals surface area contributed by atoms with Gasteiger partial charge in [-0.1, -0.05) is 396 Å². The van der Waals surface area contributed by atoms with Crippen molar-refractivity contribution in [1.29, 1.82) is 0 Å². The SMILES string of the molecule is CC/C=C\C/C=C\C/C=C\C/C=C\CCCCCCCCCCCCCCCCCCCCCCCCCCCCC(=O)NC(COC1OC(CO)C(OC2OC(CO)C(O)C(O)C2O)C(O)C1O)C(O)/C=C/CCCCCCCCCCCCCCCCCCCCCCCCCCCCC. The van der Waals surface area contributed by atoms with Crippen molar-refractivity contribution in [2.24, 2.45) is 0 Å². The monoisotopic (exact) mass is 1440 g/mol. The second-order valence-corrected chi connectivity index (χ2v) is 30.6. The molecule has 12 atom stereocenters. The molecule has 0 aromatic carbocycles. The van der Waals surface area contributed by atoms with Gasteiger partial charge in [-0.25, -0.2) is 0 Å². The van der Waals surface area contributed by atoms with Crippen LogP contribution in [0.5, 0.6) is 0 Å². The molecule has 598 valence electrons. The number of carbonyl (C=O) groups excluding carboxylic acids is 1. The fourth-order valence-electron chi connectivity index (χ4n) is 14.4. The Morgan fingerprint density at radius 1 is 0.363 bits per heavy atom. The van der Waals surface area contributed by atoms with Gasteiger partial charge in [0.2, 0.25) is 5.91 Å². The van der Waals surface area contributed by atoms with Gasteiger partial charge in [0.05, 0.1) is 32.0 Å². The third kappa shape index (κ3) is 53.5. The molecule has 0 saturated carbocycles. The zero-order chi connectivity index (χ0) is 73.7. The highest BCUT2D eigenvalue weighted by Gasteiger charge is 2.51. The number of aliphatic hydroxyl groups excluding tert-OH is 8. The molecule has 0 spiro atoms. The van der Waals surface area contributed by atoms with Gasteiger partial charge in [-0.2, -0.15) is 0 Å². The van der Waals surface area contributed by atoms with Crippen molar-refractivity contribution < 1.29 is 64.6 Å². The molecule has 2 aliphatic rings. The number of allylic oxidation sites excluding steroid dienone is 9. The topological polar surface area (TPSA) is 228 Å². The highest BCUT2D eigenvalue weighted by atomic mass is 16.7. The fourth-order valence-corrected chi connectivity index (χ4v) is 14.4. The van der Waals surface area contributed by atoms with Gasteiger partial charge in [-0.05, 0) is 57.8 Å². The van der Waals surface area contributed by atoms with Crippen LogP contribution in [-0.2, 0) is 23.7 Å². The highest BCUT2D eigenvalue weighted by Crippen LogP contribution is 2.31. The maximum absolute atomic E-state index is 13.4. The quantitative estimate of drug-likeness (QED) is 0.0204. The summed E-state index contributed by atoms with van der Waals surface area (Å²) in [6.45, 7) is 2.75. The number of carbonyl (C=O) groups is 1. The van der Waals surface area contributed by atoms with Crippen LogP contribution in [0.2, 0.25) is 0 Å². The van der Waals surface area contributed by atoms with E-state index < -0.39 is 86.8 Å². The predicted octanol–water partition coefficient (Wildman–Crippen LogP) is 20.7. The molecule has 14 heteroatoms. The van der Waals surface area contributed by atoms with Gasteiger partial charge in [-0.3, -0.25) is 4.79 Å². The Kier molecular flexibility index (Phi) is 67.2. The summed E-state index contributed by atoms with van der Waals surface area (Å²) in [5.41, 5.74) is 0. The molecule has 0 aliphatic carbocycles. The maximum Gasteiger partial charge on any atom is 0.220 e. The van der Waals surface area contributed by atoms with E-state index in [0.29, 0.717) is 6.42 Å². The minimum absolute atomic E-state index is 0.231. The molecule has 0 bridgehead atoms. The number of nitrogens with one attached hydrogen (secondary N) is 1. The van der Waals surface area contributed by atoms with Gasteiger partial charge >= 0.3 is 0 Å². The maximum atomic E-state index is 13.4. The lowest BCUT2D eigenvalue weighted by Crippen LogP contribution is -2.65. The van der Waals surface area contributed by atoms with Crippen LogP contribution >= 0.6 is 0 Å². The van der Waals surface area contributed by atoms with E-state index in [1.807, 2.05) is 6.08 Å². The second kappa shape index (κ2) is 71.6. The van der Waals surface area contributed by atoms with E-state index >= 15 is 0 Å². The molecule has 0 aromatic heterocycles. The highest BCUT2D eigenvalue weighted by molar-refractivity contribution is 5.76. The predicted molar refractivity (Wildman–Crippen MR) is 424 cm³/mol. The van der Waals surface area contributed by atoms with Crippen molar-refractivity contribution >= 4 is 5.91 Å². The summed E-state index contributed by atoms with van der Waals surface area (Å²) in [5, 5.41) is 87.8. The van der Waals surface area contributed by atoms with E-state index in [-0.39, 0.29) is 18.9 Å². The van der Waals surface area contributed by atoms with Crippen LogP contribution in [0.3, 0.4) is 0 Å². The lowest BCUT2D eigenvalue weighted by molar-refractivity contribution is -0.359. The molecule has 12 unspecified atom stereocenters. The van der Waals surface area contributed by atoms with Crippen molar-refractivity contribution in [3.63, 3.8) is 0 Å².